The van der Waals surface area contributed by atoms with Gasteiger partial charge in [0.15, 0.2) is 0 Å². The Bertz CT molecular complexity index is 968. The molecular weight excluding hydrogens is 514 g/mol. The summed E-state index contributed by atoms with van der Waals surface area (Å²) in [6.07, 6.45) is 15.7. The highest BCUT2D eigenvalue weighted by molar-refractivity contribution is 5.96. The van der Waals surface area contributed by atoms with Crippen molar-refractivity contribution in [3.63, 3.8) is 0 Å². The van der Waals surface area contributed by atoms with Crippen molar-refractivity contribution in [1.82, 2.24) is 10.6 Å². The lowest BCUT2D eigenvalue weighted by Crippen LogP contribution is -2.44. The molecule has 2 aromatic rings. The van der Waals surface area contributed by atoms with E-state index in [1.54, 1.807) is 12.1 Å². The van der Waals surface area contributed by atoms with Crippen LogP contribution in [0.1, 0.15) is 109 Å². The molecule has 0 heterocycles. The molecule has 41 heavy (non-hydrogen) atoms. The van der Waals surface area contributed by atoms with Crippen molar-refractivity contribution in [2.75, 3.05) is 11.9 Å². The van der Waals surface area contributed by atoms with E-state index in [-0.39, 0.29) is 18.4 Å². The van der Waals surface area contributed by atoms with E-state index in [2.05, 4.69) is 22.9 Å². The number of hydrogen-bond donors (Lipinski definition) is 3. The molecule has 0 saturated heterocycles. The van der Waals surface area contributed by atoms with Gasteiger partial charge >= 0.3 is 6.09 Å². The lowest BCUT2D eigenvalue weighted by Gasteiger charge is -2.18. The number of alkyl carbamates (subject to hydrolysis) is 1. The predicted octanol–water partition coefficient (Wildman–Crippen LogP) is 7.91. The lowest BCUT2D eigenvalue weighted by molar-refractivity contribution is -0.121. The molecule has 2 rings (SSSR count). The summed E-state index contributed by atoms with van der Waals surface area (Å²) < 4.78 is 5.32. The monoisotopic (exact) mass is 565 g/mol. The number of ether oxygens (including phenoxy) is 1. The molecule has 3 N–H and O–H groups in total. The van der Waals surface area contributed by atoms with Gasteiger partial charge in [0.1, 0.15) is 12.6 Å². The van der Waals surface area contributed by atoms with E-state index in [9.17, 15) is 14.4 Å². The largest absolute Gasteiger partial charge is 0.445 e. The number of amides is 3. The molecule has 0 aliphatic carbocycles. The van der Waals surface area contributed by atoms with Crippen molar-refractivity contribution in [2.24, 2.45) is 0 Å². The number of para-hydroxylation sites is 1. The number of hydrogen-bond acceptors (Lipinski definition) is 4. The molecule has 0 aliphatic heterocycles. The highest BCUT2D eigenvalue weighted by Gasteiger charge is 2.21. The summed E-state index contributed by atoms with van der Waals surface area (Å²) in [5.74, 6) is -0.213. The average molecular weight is 566 g/mol. The fourth-order valence-corrected chi connectivity index (χ4v) is 4.67. The lowest BCUT2D eigenvalue weighted by atomic mass is 10.1. The molecule has 0 radical (unpaired) electrons. The minimum atomic E-state index is -0.745. The molecule has 0 fully saturated rings. The van der Waals surface area contributed by atoms with E-state index >= 15 is 0 Å². The first-order valence-electron chi connectivity index (χ1n) is 15.7. The smallest absolute Gasteiger partial charge is 0.408 e. The zero-order chi connectivity index (χ0) is 29.4. The minimum absolute atomic E-state index is 0.0851. The zero-order valence-corrected chi connectivity index (χ0v) is 25.0. The number of carbonyl (C=O) groups excluding carboxylic acids is 3. The van der Waals surface area contributed by atoms with Crippen LogP contribution in [0.25, 0.3) is 0 Å². The number of benzene rings is 2. The van der Waals surface area contributed by atoms with Crippen molar-refractivity contribution < 1.29 is 19.1 Å². The maximum atomic E-state index is 12.9. The molecule has 7 nitrogen and oxygen atoms in total. The third-order valence-corrected chi connectivity index (χ3v) is 7.11. The number of nitrogens with one attached hydrogen (secondary N) is 3. The molecule has 1 unspecified atom stereocenters. The Morgan fingerprint density at radius 3 is 1.93 bits per heavy atom. The van der Waals surface area contributed by atoms with Gasteiger partial charge in [0.2, 0.25) is 11.8 Å². The van der Waals surface area contributed by atoms with Crippen LogP contribution in [0.15, 0.2) is 60.7 Å². The normalized spacial score (nSPS) is 11.4. The van der Waals surface area contributed by atoms with Crippen LogP contribution in [-0.4, -0.2) is 30.5 Å². The molecule has 226 valence electrons. The van der Waals surface area contributed by atoms with Gasteiger partial charge < -0.3 is 20.7 Å². The number of unbranched alkanes of at least 4 members (excludes halogenated alkanes) is 11. The fourth-order valence-electron chi connectivity index (χ4n) is 4.67. The Labute approximate surface area is 247 Å². The molecule has 3 amide bonds. The number of rotatable bonds is 22. The summed E-state index contributed by atoms with van der Waals surface area (Å²) >= 11 is 0. The molecule has 0 aromatic heterocycles. The quantitative estimate of drug-likeness (QED) is 0.126. The second-order valence-corrected chi connectivity index (χ2v) is 10.7. The van der Waals surface area contributed by atoms with Crippen LogP contribution in [0, 0.1) is 0 Å². The van der Waals surface area contributed by atoms with Gasteiger partial charge in [-0.15, -0.1) is 0 Å². The van der Waals surface area contributed by atoms with Crippen LogP contribution in [0.2, 0.25) is 0 Å². The van der Waals surface area contributed by atoms with Gasteiger partial charge in [0.25, 0.3) is 0 Å². The molecule has 0 aliphatic rings. The molecular formula is C34H51N3O4. The predicted molar refractivity (Wildman–Crippen MR) is 167 cm³/mol. The summed E-state index contributed by atoms with van der Waals surface area (Å²) in [7, 11) is 0. The van der Waals surface area contributed by atoms with Crippen LogP contribution >= 0.6 is 0 Å². The van der Waals surface area contributed by atoms with E-state index < -0.39 is 12.1 Å². The Morgan fingerprint density at radius 1 is 0.707 bits per heavy atom. The number of carbonyl (C=O) groups is 3. The zero-order valence-electron chi connectivity index (χ0n) is 25.0. The van der Waals surface area contributed by atoms with Gasteiger partial charge in [0.05, 0.1) is 0 Å². The van der Waals surface area contributed by atoms with E-state index in [1.165, 1.54) is 57.8 Å². The molecule has 1 atom stereocenters. The van der Waals surface area contributed by atoms with Crippen LogP contribution in [0.4, 0.5) is 10.5 Å². The molecule has 0 spiro atoms. The maximum absolute atomic E-state index is 12.9. The first kappa shape index (κ1) is 33.9. The van der Waals surface area contributed by atoms with Gasteiger partial charge in [-0.05, 0) is 43.4 Å². The van der Waals surface area contributed by atoms with Crippen molar-refractivity contribution >= 4 is 23.6 Å². The van der Waals surface area contributed by atoms with Crippen LogP contribution in [0.5, 0.6) is 0 Å². The third kappa shape index (κ3) is 17.2. The van der Waals surface area contributed by atoms with Crippen LogP contribution < -0.4 is 16.0 Å². The van der Waals surface area contributed by atoms with Crippen molar-refractivity contribution in [2.45, 2.75) is 116 Å². The summed E-state index contributed by atoms with van der Waals surface area (Å²) in [5.41, 5.74) is 1.54. The Balaban J connectivity index is 1.61. The second-order valence-electron chi connectivity index (χ2n) is 10.7. The van der Waals surface area contributed by atoms with E-state index in [4.69, 9.17) is 4.74 Å². The Morgan fingerprint density at radius 2 is 1.29 bits per heavy atom. The summed E-state index contributed by atoms with van der Waals surface area (Å²) in [6, 6.07) is 17.8. The van der Waals surface area contributed by atoms with Crippen molar-refractivity contribution in [3.05, 3.63) is 66.2 Å². The summed E-state index contributed by atoms with van der Waals surface area (Å²) in [5, 5.41) is 8.55. The Kier molecular flexibility index (Phi) is 18.5. The first-order valence-corrected chi connectivity index (χ1v) is 15.7. The van der Waals surface area contributed by atoms with Gasteiger partial charge in [-0.3, -0.25) is 9.59 Å². The van der Waals surface area contributed by atoms with Gasteiger partial charge in [-0.2, -0.15) is 0 Å². The highest BCUT2D eigenvalue weighted by Crippen LogP contribution is 2.12. The minimum Gasteiger partial charge on any atom is -0.445 e. The molecule has 0 saturated carbocycles. The standard InChI is InChI=1S/C34H51N3O4/c1-2-3-4-5-6-7-8-9-10-11-18-26-32(38)35-27-20-19-25-31(33(39)36-30-23-16-13-17-24-30)37-34(40)41-28-29-21-14-12-15-22-29/h12-17,21-24,31H,2-11,18-20,25-28H2,1H3,(H,35,38)(H,36,39)(H,37,40). The van der Waals surface area contributed by atoms with E-state index in [0.717, 1.165) is 24.8 Å². The first-order chi connectivity index (χ1) is 20.1. The van der Waals surface area contributed by atoms with Gasteiger partial charge in [0, 0.05) is 18.7 Å². The van der Waals surface area contributed by atoms with Gasteiger partial charge in [-0.1, -0.05) is 120 Å². The fraction of sp³-hybridized carbons (Fsp3) is 0.559. The molecule has 0 bridgehead atoms. The van der Waals surface area contributed by atoms with Crippen LogP contribution in [-0.2, 0) is 20.9 Å². The van der Waals surface area contributed by atoms with E-state index in [1.807, 2.05) is 48.5 Å². The Hall–Kier alpha value is -3.35. The topological polar surface area (TPSA) is 96.5 Å². The highest BCUT2D eigenvalue weighted by atomic mass is 16.5. The maximum Gasteiger partial charge on any atom is 0.408 e. The van der Waals surface area contributed by atoms with Crippen molar-refractivity contribution in [1.29, 1.82) is 0 Å². The summed E-state index contributed by atoms with van der Waals surface area (Å²) in [6.45, 7) is 2.94. The van der Waals surface area contributed by atoms with Crippen molar-refractivity contribution in [3.8, 4) is 0 Å². The molecule has 2 aromatic carbocycles. The second kappa shape index (κ2) is 22.4. The van der Waals surface area contributed by atoms with Gasteiger partial charge in [-0.25, -0.2) is 4.79 Å². The van der Waals surface area contributed by atoms with E-state index in [0.29, 0.717) is 31.5 Å². The third-order valence-electron chi connectivity index (χ3n) is 7.11. The number of anilines is 1. The molecule has 7 heteroatoms. The SMILES string of the molecule is CCCCCCCCCCCCCC(=O)NCCCCC(NC(=O)OCc1ccccc1)C(=O)Nc1ccccc1. The summed E-state index contributed by atoms with van der Waals surface area (Å²) in [4.78, 5) is 37.6. The van der Waals surface area contributed by atoms with Crippen LogP contribution in [0.3, 0.4) is 0 Å². The average Bonchev–Trinajstić information content (AvgIpc) is 2.99.